The number of benzene rings is 2. The molecule has 2 aromatic carbocycles. The summed E-state index contributed by atoms with van der Waals surface area (Å²) in [5.74, 6) is -0.0984. The number of carbonyl (C=O) groups is 1. The molecule has 18 heavy (non-hydrogen) atoms. The summed E-state index contributed by atoms with van der Waals surface area (Å²) in [5.41, 5.74) is 7.99. The molecule has 0 saturated heterocycles. The van der Waals surface area contributed by atoms with Crippen LogP contribution in [-0.2, 0) is 6.54 Å². The quantitative estimate of drug-likeness (QED) is 0.857. The van der Waals surface area contributed by atoms with Gasteiger partial charge in [-0.3, -0.25) is 4.79 Å². The van der Waals surface area contributed by atoms with Crippen LogP contribution in [-0.4, -0.2) is 5.91 Å². The summed E-state index contributed by atoms with van der Waals surface area (Å²) < 4.78 is 0.888. The predicted molar refractivity (Wildman–Crippen MR) is 76.2 cm³/mol. The molecule has 0 atom stereocenters. The van der Waals surface area contributed by atoms with Crippen molar-refractivity contribution in [1.29, 1.82) is 0 Å². The molecule has 2 aromatic rings. The van der Waals surface area contributed by atoms with Gasteiger partial charge in [-0.25, -0.2) is 0 Å². The van der Waals surface area contributed by atoms with Crippen LogP contribution in [0, 0.1) is 0 Å². The first kappa shape index (κ1) is 12.6. The number of hydrogen-bond acceptors (Lipinski definition) is 2. The van der Waals surface area contributed by atoms with Gasteiger partial charge in [-0.15, -0.1) is 0 Å². The standard InChI is InChI=1S/C14H13BrN2O/c15-12-5-2-4-11(8-12)14(18)17-9-10-3-1-6-13(16)7-10/h1-8H,9,16H2,(H,17,18). The molecular weight excluding hydrogens is 292 g/mol. The molecular formula is C14H13BrN2O. The summed E-state index contributed by atoms with van der Waals surface area (Å²) in [6.07, 6.45) is 0. The van der Waals surface area contributed by atoms with E-state index in [0.717, 1.165) is 10.0 Å². The van der Waals surface area contributed by atoms with E-state index in [1.54, 1.807) is 12.1 Å². The van der Waals surface area contributed by atoms with Crippen LogP contribution in [0.1, 0.15) is 15.9 Å². The molecule has 0 aliphatic rings. The van der Waals surface area contributed by atoms with Crippen LogP contribution in [0.2, 0.25) is 0 Å². The van der Waals surface area contributed by atoms with Crippen LogP contribution in [0.4, 0.5) is 5.69 Å². The fraction of sp³-hybridized carbons (Fsp3) is 0.0714. The maximum atomic E-state index is 11.9. The fourth-order valence-corrected chi connectivity index (χ4v) is 2.02. The molecule has 0 spiro atoms. The lowest BCUT2D eigenvalue weighted by Gasteiger charge is -2.06. The molecule has 0 fully saturated rings. The minimum atomic E-state index is -0.0984. The Balaban J connectivity index is 2.00. The number of hydrogen-bond donors (Lipinski definition) is 2. The number of nitrogen functional groups attached to an aromatic ring is 1. The van der Waals surface area contributed by atoms with Gasteiger partial charge in [0.25, 0.3) is 5.91 Å². The van der Waals surface area contributed by atoms with E-state index in [-0.39, 0.29) is 5.91 Å². The summed E-state index contributed by atoms with van der Waals surface area (Å²) in [7, 11) is 0. The topological polar surface area (TPSA) is 55.1 Å². The van der Waals surface area contributed by atoms with E-state index in [4.69, 9.17) is 5.73 Å². The second kappa shape index (κ2) is 5.69. The Bertz CT molecular complexity index is 569. The van der Waals surface area contributed by atoms with Crippen LogP contribution < -0.4 is 11.1 Å². The lowest BCUT2D eigenvalue weighted by molar-refractivity contribution is 0.0951. The highest BCUT2D eigenvalue weighted by Gasteiger charge is 2.05. The van der Waals surface area contributed by atoms with E-state index in [1.807, 2.05) is 36.4 Å². The number of nitrogens with two attached hydrogens (primary N) is 1. The summed E-state index contributed by atoms with van der Waals surface area (Å²) >= 11 is 3.34. The molecule has 1 amide bonds. The van der Waals surface area contributed by atoms with E-state index in [9.17, 15) is 4.79 Å². The third kappa shape index (κ3) is 3.34. The van der Waals surface area contributed by atoms with Crippen molar-refractivity contribution in [3.8, 4) is 0 Å². The van der Waals surface area contributed by atoms with Crippen molar-refractivity contribution < 1.29 is 4.79 Å². The molecule has 0 saturated carbocycles. The number of rotatable bonds is 3. The van der Waals surface area contributed by atoms with Gasteiger partial charge in [-0.2, -0.15) is 0 Å². The van der Waals surface area contributed by atoms with Crippen molar-refractivity contribution in [2.75, 3.05) is 5.73 Å². The second-order valence-electron chi connectivity index (χ2n) is 3.94. The average molecular weight is 305 g/mol. The Hall–Kier alpha value is -1.81. The normalized spacial score (nSPS) is 10.1. The SMILES string of the molecule is Nc1cccc(CNC(=O)c2cccc(Br)c2)c1. The van der Waals surface area contributed by atoms with Crippen molar-refractivity contribution in [3.63, 3.8) is 0 Å². The molecule has 3 N–H and O–H groups in total. The highest BCUT2D eigenvalue weighted by atomic mass is 79.9. The summed E-state index contributed by atoms with van der Waals surface area (Å²) in [6, 6.07) is 14.7. The highest BCUT2D eigenvalue weighted by Crippen LogP contribution is 2.12. The molecule has 4 heteroatoms. The molecule has 0 aromatic heterocycles. The van der Waals surface area contributed by atoms with Crippen LogP contribution in [0.5, 0.6) is 0 Å². The molecule has 0 aliphatic carbocycles. The van der Waals surface area contributed by atoms with E-state index in [1.165, 1.54) is 0 Å². The van der Waals surface area contributed by atoms with Gasteiger partial charge in [0.1, 0.15) is 0 Å². The zero-order valence-corrected chi connectivity index (χ0v) is 11.3. The van der Waals surface area contributed by atoms with Crippen molar-refractivity contribution in [3.05, 3.63) is 64.1 Å². The lowest BCUT2D eigenvalue weighted by atomic mass is 10.2. The van der Waals surface area contributed by atoms with E-state index < -0.39 is 0 Å². The van der Waals surface area contributed by atoms with Crippen molar-refractivity contribution in [2.45, 2.75) is 6.54 Å². The zero-order valence-electron chi connectivity index (χ0n) is 9.69. The molecule has 0 radical (unpaired) electrons. The van der Waals surface area contributed by atoms with Gasteiger partial charge in [0.15, 0.2) is 0 Å². The number of carbonyl (C=O) groups excluding carboxylic acids is 1. The Kier molecular flexibility index (Phi) is 3.99. The minimum Gasteiger partial charge on any atom is -0.399 e. The number of anilines is 1. The van der Waals surface area contributed by atoms with Crippen molar-refractivity contribution >= 4 is 27.5 Å². The molecule has 2 rings (SSSR count). The largest absolute Gasteiger partial charge is 0.399 e. The molecule has 3 nitrogen and oxygen atoms in total. The van der Waals surface area contributed by atoms with Crippen LogP contribution in [0.3, 0.4) is 0 Å². The van der Waals surface area contributed by atoms with Gasteiger partial charge in [0.2, 0.25) is 0 Å². The number of amides is 1. The summed E-state index contributed by atoms with van der Waals surface area (Å²) in [4.78, 5) is 11.9. The molecule has 0 aliphatic heterocycles. The fourth-order valence-electron chi connectivity index (χ4n) is 1.62. The second-order valence-corrected chi connectivity index (χ2v) is 4.85. The Morgan fingerprint density at radius 1 is 1.17 bits per heavy atom. The van der Waals surface area contributed by atoms with E-state index >= 15 is 0 Å². The summed E-state index contributed by atoms with van der Waals surface area (Å²) in [5, 5.41) is 2.85. The average Bonchev–Trinajstić information content (AvgIpc) is 2.36. The maximum absolute atomic E-state index is 11.9. The van der Waals surface area contributed by atoms with Gasteiger partial charge < -0.3 is 11.1 Å². The Morgan fingerprint density at radius 2 is 1.94 bits per heavy atom. The molecule has 92 valence electrons. The van der Waals surface area contributed by atoms with Crippen LogP contribution in [0.15, 0.2) is 53.0 Å². The third-order valence-corrected chi connectivity index (χ3v) is 2.98. The first-order valence-corrected chi connectivity index (χ1v) is 6.32. The lowest BCUT2D eigenvalue weighted by Crippen LogP contribution is -2.22. The van der Waals surface area contributed by atoms with Gasteiger partial charge in [-0.1, -0.05) is 34.1 Å². The molecule has 0 heterocycles. The smallest absolute Gasteiger partial charge is 0.251 e. The Labute approximate surface area is 114 Å². The Morgan fingerprint density at radius 3 is 2.67 bits per heavy atom. The van der Waals surface area contributed by atoms with Gasteiger partial charge in [0.05, 0.1) is 0 Å². The molecule has 0 unspecified atom stereocenters. The van der Waals surface area contributed by atoms with E-state index in [0.29, 0.717) is 17.8 Å². The number of halogens is 1. The van der Waals surface area contributed by atoms with Gasteiger partial charge in [-0.05, 0) is 35.9 Å². The van der Waals surface area contributed by atoms with Crippen LogP contribution >= 0.6 is 15.9 Å². The highest BCUT2D eigenvalue weighted by molar-refractivity contribution is 9.10. The first-order chi connectivity index (χ1) is 8.65. The third-order valence-electron chi connectivity index (χ3n) is 2.49. The van der Waals surface area contributed by atoms with Crippen molar-refractivity contribution in [2.24, 2.45) is 0 Å². The molecule has 0 bridgehead atoms. The monoisotopic (exact) mass is 304 g/mol. The maximum Gasteiger partial charge on any atom is 0.251 e. The summed E-state index contributed by atoms with van der Waals surface area (Å²) in [6.45, 7) is 0.469. The predicted octanol–water partition coefficient (Wildman–Crippen LogP) is 2.96. The van der Waals surface area contributed by atoms with Gasteiger partial charge in [0, 0.05) is 22.3 Å². The van der Waals surface area contributed by atoms with Crippen molar-refractivity contribution in [1.82, 2.24) is 5.32 Å². The van der Waals surface area contributed by atoms with E-state index in [2.05, 4.69) is 21.2 Å². The number of nitrogens with one attached hydrogen (secondary N) is 1. The van der Waals surface area contributed by atoms with Gasteiger partial charge >= 0.3 is 0 Å². The minimum absolute atomic E-state index is 0.0984. The first-order valence-electron chi connectivity index (χ1n) is 5.53. The zero-order chi connectivity index (χ0) is 13.0. The van der Waals surface area contributed by atoms with Crippen LogP contribution in [0.25, 0.3) is 0 Å².